The zero-order valence-corrected chi connectivity index (χ0v) is 34.7. The smallest absolute Gasteiger partial charge is 0.132 e. The van der Waals surface area contributed by atoms with Crippen LogP contribution in [-0.2, 0) is 5.41 Å². The second-order valence-corrected chi connectivity index (χ2v) is 17.1. The summed E-state index contributed by atoms with van der Waals surface area (Å²) in [5.74, 6) is 1.79. The van der Waals surface area contributed by atoms with Crippen molar-refractivity contribution < 1.29 is 4.74 Å². The van der Waals surface area contributed by atoms with Gasteiger partial charge in [-0.1, -0.05) is 182 Å². The first-order valence-electron chi connectivity index (χ1n) is 22.1. The number of para-hydroxylation sites is 4. The van der Waals surface area contributed by atoms with Crippen molar-refractivity contribution in [1.82, 2.24) is 9.13 Å². The Morgan fingerprint density at radius 1 is 0.328 bits per heavy atom. The second kappa shape index (κ2) is 13.3. The average Bonchev–Trinajstić information content (AvgIpc) is 3.99. The van der Waals surface area contributed by atoms with Crippen LogP contribution in [0.2, 0.25) is 0 Å². The van der Waals surface area contributed by atoms with Gasteiger partial charge in [0.2, 0.25) is 0 Å². The van der Waals surface area contributed by atoms with Gasteiger partial charge in [0, 0.05) is 38.4 Å². The molecule has 14 rings (SSSR count). The first-order valence-corrected chi connectivity index (χ1v) is 22.1. The van der Waals surface area contributed by atoms with E-state index < -0.39 is 5.41 Å². The highest BCUT2D eigenvalue weighted by atomic mass is 16.5. The monoisotopic (exact) mass is 814 g/mol. The Morgan fingerprint density at radius 2 is 0.938 bits per heavy atom. The van der Waals surface area contributed by atoms with E-state index in [1.807, 2.05) is 0 Å². The van der Waals surface area contributed by atoms with E-state index in [4.69, 9.17) is 4.74 Å². The fraction of sp³-hybridized carbons (Fsp3) is 0.0164. The Kier molecular flexibility index (Phi) is 7.32. The maximum Gasteiger partial charge on any atom is 0.132 e. The third-order valence-electron chi connectivity index (χ3n) is 14.0. The molecule has 3 heterocycles. The second-order valence-electron chi connectivity index (χ2n) is 17.1. The van der Waals surface area contributed by atoms with Crippen LogP contribution < -0.4 is 4.74 Å². The molecule has 3 nitrogen and oxygen atoms in total. The number of nitrogens with zero attached hydrogens (tertiary/aromatic N) is 2. The topological polar surface area (TPSA) is 19.1 Å². The van der Waals surface area contributed by atoms with E-state index in [0.717, 1.165) is 45.0 Å². The molecule has 0 amide bonds. The largest absolute Gasteiger partial charge is 0.457 e. The van der Waals surface area contributed by atoms with Crippen molar-refractivity contribution in [3.8, 4) is 56.3 Å². The van der Waals surface area contributed by atoms with Crippen molar-refractivity contribution in [2.24, 2.45) is 0 Å². The number of ether oxygens (including phenoxy) is 1. The zero-order chi connectivity index (χ0) is 41.9. The lowest BCUT2D eigenvalue weighted by Gasteiger charge is -2.39. The molecule has 0 N–H and O–H groups in total. The van der Waals surface area contributed by atoms with E-state index in [1.165, 1.54) is 77.1 Å². The van der Waals surface area contributed by atoms with Gasteiger partial charge in [-0.25, -0.2) is 0 Å². The Morgan fingerprint density at radius 3 is 1.73 bits per heavy atom. The summed E-state index contributed by atoms with van der Waals surface area (Å²) in [6.07, 6.45) is 0. The van der Waals surface area contributed by atoms with E-state index in [2.05, 4.69) is 240 Å². The van der Waals surface area contributed by atoms with Gasteiger partial charge in [0.05, 0.1) is 33.2 Å². The van der Waals surface area contributed by atoms with Gasteiger partial charge in [0.1, 0.15) is 11.5 Å². The summed E-state index contributed by atoms with van der Waals surface area (Å²) in [4.78, 5) is 0. The summed E-state index contributed by atoms with van der Waals surface area (Å²) in [6.45, 7) is 0. The van der Waals surface area contributed by atoms with E-state index in [0.29, 0.717) is 0 Å². The summed E-state index contributed by atoms with van der Waals surface area (Å²) in [6, 6.07) is 84.5. The highest BCUT2D eigenvalue weighted by Crippen LogP contribution is 2.62. The number of aromatic nitrogens is 2. The van der Waals surface area contributed by atoms with Gasteiger partial charge in [0.25, 0.3) is 0 Å². The van der Waals surface area contributed by atoms with Crippen LogP contribution in [0.15, 0.2) is 231 Å². The van der Waals surface area contributed by atoms with Crippen molar-refractivity contribution in [3.63, 3.8) is 0 Å². The van der Waals surface area contributed by atoms with Crippen molar-refractivity contribution in [3.05, 3.63) is 253 Å². The summed E-state index contributed by atoms with van der Waals surface area (Å²) < 4.78 is 11.8. The SMILES string of the molecule is c1ccc(-c2ccc3c4c(-c5ccccc5)cccc4n(-c4cccc5c6ccccc6n(-c6ccc7c(c6)C6(c8ccccc8Oc8ccccc86)c6ccccc6-7)c45)c3c2)cc1. The van der Waals surface area contributed by atoms with Crippen LogP contribution >= 0.6 is 0 Å². The average molecular weight is 815 g/mol. The number of benzene rings is 10. The lowest BCUT2D eigenvalue weighted by Crippen LogP contribution is -2.32. The molecular formula is C61H38N2O. The van der Waals surface area contributed by atoms with Gasteiger partial charge in [-0.2, -0.15) is 0 Å². The molecular weight excluding hydrogens is 777 g/mol. The van der Waals surface area contributed by atoms with E-state index >= 15 is 0 Å². The minimum atomic E-state index is -0.580. The summed E-state index contributed by atoms with van der Waals surface area (Å²) in [5.41, 5.74) is 18.5. The van der Waals surface area contributed by atoms with Gasteiger partial charge < -0.3 is 13.9 Å². The third kappa shape index (κ3) is 4.70. The van der Waals surface area contributed by atoms with E-state index in [9.17, 15) is 0 Å². The van der Waals surface area contributed by atoms with Crippen molar-refractivity contribution >= 4 is 43.6 Å². The summed E-state index contributed by atoms with van der Waals surface area (Å²) in [5, 5.41) is 4.90. The normalized spacial score (nSPS) is 13.2. The van der Waals surface area contributed by atoms with Crippen LogP contribution in [0.5, 0.6) is 11.5 Å². The highest BCUT2D eigenvalue weighted by molar-refractivity contribution is 6.18. The summed E-state index contributed by atoms with van der Waals surface area (Å²) >= 11 is 0. The standard InChI is InChI=1S/C61H38N2O/c1-3-17-39(18-4-1)41-33-35-48-56(37-41)63(54-29-15-23-43(59(48)54)40-19-5-2-6-20-40)55-30-16-24-47-46-22-8-12-28-53(46)62(60(47)55)42-34-36-45-44-21-7-9-25-49(44)61(52(45)38-42)50-26-10-13-31-57(50)64-58-32-14-11-27-51(58)61/h1-38H. The molecule has 1 spiro atoms. The van der Waals surface area contributed by atoms with Crippen LogP contribution in [0, 0.1) is 0 Å². The molecule has 1 aliphatic carbocycles. The Bertz CT molecular complexity index is 3830. The number of hydrogen-bond acceptors (Lipinski definition) is 1. The third-order valence-corrected chi connectivity index (χ3v) is 14.0. The van der Waals surface area contributed by atoms with Crippen LogP contribution in [0.3, 0.4) is 0 Å². The number of rotatable bonds is 4. The van der Waals surface area contributed by atoms with Crippen LogP contribution in [-0.4, -0.2) is 9.13 Å². The molecule has 64 heavy (non-hydrogen) atoms. The predicted molar refractivity (Wildman–Crippen MR) is 263 cm³/mol. The zero-order valence-electron chi connectivity index (χ0n) is 34.7. The Labute approximate surface area is 370 Å². The summed E-state index contributed by atoms with van der Waals surface area (Å²) in [7, 11) is 0. The molecule has 2 aliphatic rings. The van der Waals surface area contributed by atoms with E-state index in [1.54, 1.807) is 0 Å². The maximum atomic E-state index is 6.70. The number of fused-ring (bicyclic) bond motifs is 15. The van der Waals surface area contributed by atoms with Crippen molar-refractivity contribution in [2.45, 2.75) is 5.41 Å². The molecule has 0 saturated carbocycles. The Hall–Kier alpha value is -8.40. The van der Waals surface area contributed by atoms with Crippen LogP contribution in [0.1, 0.15) is 22.3 Å². The highest BCUT2D eigenvalue weighted by Gasteiger charge is 2.51. The molecule has 0 fully saturated rings. The molecule has 0 unspecified atom stereocenters. The first-order chi connectivity index (χ1) is 31.8. The first kappa shape index (κ1) is 35.2. The molecule has 2 aromatic heterocycles. The van der Waals surface area contributed by atoms with Gasteiger partial charge in [-0.3, -0.25) is 0 Å². The number of hydrogen-bond donors (Lipinski definition) is 0. The molecule has 3 heteroatoms. The molecule has 0 radical (unpaired) electrons. The van der Waals surface area contributed by atoms with Crippen molar-refractivity contribution in [1.29, 1.82) is 0 Å². The van der Waals surface area contributed by atoms with E-state index in [-0.39, 0.29) is 0 Å². The van der Waals surface area contributed by atoms with Crippen LogP contribution in [0.25, 0.3) is 88.4 Å². The quantitative estimate of drug-likeness (QED) is 0.173. The van der Waals surface area contributed by atoms with Gasteiger partial charge in [0.15, 0.2) is 0 Å². The maximum absolute atomic E-state index is 6.70. The van der Waals surface area contributed by atoms with Gasteiger partial charge in [-0.05, 0) is 93.0 Å². The minimum absolute atomic E-state index is 0.580. The molecule has 0 saturated heterocycles. The fourth-order valence-corrected chi connectivity index (χ4v) is 11.4. The molecule has 12 aromatic rings. The molecule has 10 aromatic carbocycles. The Balaban J connectivity index is 1.10. The van der Waals surface area contributed by atoms with Crippen molar-refractivity contribution in [2.75, 3.05) is 0 Å². The molecule has 0 bridgehead atoms. The molecule has 0 atom stereocenters. The molecule has 1 aliphatic heterocycles. The predicted octanol–water partition coefficient (Wildman–Crippen LogP) is 15.7. The van der Waals surface area contributed by atoms with Gasteiger partial charge >= 0.3 is 0 Å². The minimum Gasteiger partial charge on any atom is -0.457 e. The van der Waals surface area contributed by atoms with Gasteiger partial charge in [-0.15, -0.1) is 0 Å². The lowest BCUT2D eigenvalue weighted by molar-refractivity contribution is 0.436. The molecule has 298 valence electrons. The van der Waals surface area contributed by atoms with Crippen LogP contribution in [0.4, 0.5) is 0 Å². The fourth-order valence-electron chi connectivity index (χ4n) is 11.4. The lowest BCUT2D eigenvalue weighted by atomic mass is 9.66.